The molecular weight excluding hydrogens is 464 g/mol. The quantitative estimate of drug-likeness (QED) is 0.499. The fraction of sp³-hybridized carbons (Fsp3) is 0.154. The largest absolute Gasteiger partial charge is 0.325 e. The van der Waals surface area contributed by atoms with Crippen LogP contribution in [0, 0.1) is 20.8 Å². The van der Waals surface area contributed by atoms with Crippen molar-refractivity contribution in [1.29, 1.82) is 0 Å². The predicted molar refractivity (Wildman–Crippen MR) is 137 cm³/mol. The number of aryl methyl sites for hydroxylation is 2. The first kappa shape index (κ1) is 24.0. The molecule has 4 rings (SSSR count). The smallest absolute Gasteiger partial charge is 0.294 e. The number of hydrogen-bond donors (Lipinski definition) is 2. The number of hydrogen-bond acceptors (Lipinski definition) is 5. The van der Waals surface area contributed by atoms with Gasteiger partial charge < -0.3 is 5.32 Å². The van der Waals surface area contributed by atoms with Gasteiger partial charge in [0.05, 0.1) is 4.91 Å². The highest BCUT2D eigenvalue weighted by molar-refractivity contribution is 8.18. The number of carbonyl (C=O) groups is 4. The van der Waals surface area contributed by atoms with Crippen LogP contribution in [0.2, 0.25) is 0 Å². The predicted octanol–water partition coefficient (Wildman–Crippen LogP) is 4.47. The molecule has 8 nitrogen and oxygen atoms in total. The van der Waals surface area contributed by atoms with Crippen molar-refractivity contribution in [2.45, 2.75) is 20.8 Å². The second-order valence-electron chi connectivity index (χ2n) is 8.15. The average Bonchev–Trinajstić information content (AvgIpc) is 3.25. The van der Waals surface area contributed by atoms with Gasteiger partial charge in [0.2, 0.25) is 5.91 Å². The molecule has 1 aromatic heterocycles. The van der Waals surface area contributed by atoms with Crippen LogP contribution in [0.25, 0.3) is 6.08 Å². The Bertz CT molecular complexity index is 1340. The van der Waals surface area contributed by atoms with Crippen molar-refractivity contribution in [2.75, 3.05) is 17.3 Å². The van der Waals surface area contributed by atoms with E-state index in [-0.39, 0.29) is 17.4 Å². The number of nitrogens with zero attached hydrogens (tertiary/aromatic N) is 2. The van der Waals surface area contributed by atoms with Crippen molar-refractivity contribution in [1.82, 2.24) is 9.58 Å². The maximum Gasteiger partial charge on any atom is 0.294 e. The topological polar surface area (TPSA) is 101 Å². The molecule has 2 heterocycles. The zero-order valence-corrected chi connectivity index (χ0v) is 20.3. The Morgan fingerprint density at radius 2 is 1.66 bits per heavy atom. The summed E-state index contributed by atoms with van der Waals surface area (Å²) in [4.78, 5) is 51.5. The molecule has 0 spiro atoms. The minimum absolute atomic E-state index is 0.216. The van der Waals surface area contributed by atoms with Crippen molar-refractivity contribution in [3.63, 3.8) is 0 Å². The lowest BCUT2D eigenvalue weighted by molar-refractivity contribution is -0.127. The van der Waals surface area contributed by atoms with E-state index in [1.165, 1.54) is 0 Å². The summed E-state index contributed by atoms with van der Waals surface area (Å²) < 4.78 is 1.64. The van der Waals surface area contributed by atoms with E-state index < -0.39 is 17.1 Å². The number of nitrogens with one attached hydrogen (secondary N) is 2. The van der Waals surface area contributed by atoms with Gasteiger partial charge in [-0.3, -0.25) is 34.2 Å². The summed E-state index contributed by atoms with van der Waals surface area (Å²) in [6, 6.07) is 17.9. The Kier molecular flexibility index (Phi) is 6.88. The van der Waals surface area contributed by atoms with Gasteiger partial charge in [0, 0.05) is 22.6 Å². The number of anilines is 1. The van der Waals surface area contributed by atoms with Crippen LogP contribution in [0.4, 0.5) is 10.5 Å². The van der Waals surface area contributed by atoms with Crippen molar-refractivity contribution in [2.24, 2.45) is 0 Å². The molecule has 1 aliphatic rings. The van der Waals surface area contributed by atoms with E-state index in [1.54, 1.807) is 47.2 Å². The Labute approximate surface area is 207 Å². The Balaban J connectivity index is 1.47. The van der Waals surface area contributed by atoms with Gasteiger partial charge in [-0.25, -0.2) is 0 Å². The zero-order chi connectivity index (χ0) is 25.1. The summed E-state index contributed by atoms with van der Waals surface area (Å²) in [5.74, 6) is -1.25. The minimum Gasteiger partial charge on any atom is -0.325 e. The standard InChI is InChI=1S/C26H24N4O4S/c1-16-9-11-21(12-10-16)27-23(31)15-29-25(33)22(35-26(29)34)14-20-13-17(2)30(18(20)3)28-24(32)19-7-5-4-6-8-19/h4-14H,15H2,1-3H3,(H,27,31)(H,28,32)/b22-14-. The normalized spacial score (nSPS) is 14.5. The van der Waals surface area contributed by atoms with Crippen LogP contribution in [0.5, 0.6) is 0 Å². The van der Waals surface area contributed by atoms with Gasteiger partial charge in [-0.1, -0.05) is 35.9 Å². The molecular formula is C26H24N4O4S. The molecule has 3 aromatic rings. The average molecular weight is 489 g/mol. The van der Waals surface area contributed by atoms with Crippen molar-refractivity contribution < 1.29 is 19.2 Å². The fourth-order valence-corrected chi connectivity index (χ4v) is 4.45. The van der Waals surface area contributed by atoms with Crippen LogP contribution in [-0.2, 0) is 9.59 Å². The molecule has 0 unspecified atom stereocenters. The molecule has 1 saturated heterocycles. The first-order valence-corrected chi connectivity index (χ1v) is 11.7. The van der Waals surface area contributed by atoms with E-state index in [9.17, 15) is 19.2 Å². The van der Waals surface area contributed by atoms with E-state index in [2.05, 4.69) is 10.7 Å². The fourth-order valence-electron chi connectivity index (χ4n) is 3.62. The Hall–Kier alpha value is -4.11. The van der Waals surface area contributed by atoms with E-state index >= 15 is 0 Å². The summed E-state index contributed by atoms with van der Waals surface area (Å²) in [6.45, 7) is 5.20. The maximum atomic E-state index is 12.9. The second kappa shape index (κ2) is 10.0. The molecule has 0 atom stereocenters. The van der Waals surface area contributed by atoms with Crippen LogP contribution in [0.15, 0.2) is 65.6 Å². The number of carbonyl (C=O) groups excluding carboxylic acids is 4. The highest BCUT2D eigenvalue weighted by Crippen LogP contribution is 2.33. The molecule has 35 heavy (non-hydrogen) atoms. The lowest BCUT2D eigenvalue weighted by atomic mass is 10.2. The minimum atomic E-state index is -0.530. The molecule has 0 radical (unpaired) electrons. The van der Waals surface area contributed by atoms with E-state index in [4.69, 9.17) is 0 Å². The number of amides is 4. The molecule has 0 saturated carbocycles. The lowest BCUT2D eigenvalue weighted by Gasteiger charge is -2.12. The van der Waals surface area contributed by atoms with Crippen molar-refractivity contribution in [3.8, 4) is 0 Å². The van der Waals surface area contributed by atoms with E-state index in [0.29, 0.717) is 22.5 Å². The van der Waals surface area contributed by atoms with Gasteiger partial charge in [-0.05, 0) is 74.5 Å². The molecule has 1 fully saturated rings. The molecule has 0 bridgehead atoms. The van der Waals surface area contributed by atoms with E-state index in [1.807, 2.05) is 45.0 Å². The molecule has 2 aromatic carbocycles. The van der Waals surface area contributed by atoms with Crippen molar-refractivity contribution >= 4 is 46.5 Å². The first-order valence-electron chi connectivity index (χ1n) is 10.9. The third kappa shape index (κ3) is 5.36. The van der Waals surface area contributed by atoms with Gasteiger partial charge >= 0.3 is 0 Å². The third-order valence-electron chi connectivity index (χ3n) is 5.52. The van der Waals surface area contributed by atoms with Crippen molar-refractivity contribution in [3.05, 3.63) is 93.6 Å². The van der Waals surface area contributed by atoms with E-state index in [0.717, 1.165) is 27.9 Å². The molecule has 1 aliphatic heterocycles. The summed E-state index contributed by atoms with van der Waals surface area (Å²) in [5.41, 5.74) is 7.16. The highest BCUT2D eigenvalue weighted by atomic mass is 32.2. The summed E-state index contributed by atoms with van der Waals surface area (Å²) >= 11 is 0.783. The maximum absolute atomic E-state index is 12.9. The SMILES string of the molecule is Cc1ccc(NC(=O)CN2C(=O)S/C(=C\c3cc(C)n(NC(=O)c4ccccc4)c3C)C2=O)cc1. The Morgan fingerprint density at radius 3 is 2.34 bits per heavy atom. The molecule has 2 N–H and O–H groups in total. The monoisotopic (exact) mass is 488 g/mol. The van der Waals surface area contributed by atoms with Crippen LogP contribution < -0.4 is 10.7 Å². The van der Waals surface area contributed by atoms with Crippen LogP contribution in [0.1, 0.15) is 32.9 Å². The van der Waals surface area contributed by atoms with Crippen LogP contribution in [0.3, 0.4) is 0 Å². The molecule has 4 amide bonds. The summed E-state index contributed by atoms with van der Waals surface area (Å²) in [5, 5.41) is 2.19. The molecule has 178 valence electrons. The first-order chi connectivity index (χ1) is 16.7. The number of imide groups is 1. The van der Waals surface area contributed by atoms with Gasteiger partial charge in [0.1, 0.15) is 6.54 Å². The van der Waals surface area contributed by atoms with Gasteiger partial charge in [-0.2, -0.15) is 0 Å². The molecule has 9 heteroatoms. The number of benzene rings is 2. The van der Waals surface area contributed by atoms with Gasteiger partial charge in [0.15, 0.2) is 0 Å². The second-order valence-corrected chi connectivity index (χ2v) is 9.14. The van der Waals surface area contributed by atoms with Gasteiger partial charge in [0.25, 0.3) is 17.1 Å². The lowest BCUT2D eigenvalue weighted by Crippen LogP contribution is -2.36. The summed E-state index contributed by atoms with van der Waals surface area (Å²) in [6.07, 6.45) is 1.61. The van der Waals surface area contributed by atoms with Crippen LogP contribution in [-0.4, -0.2) is 39.1 Å². The Morgan fingerprint density at radius 1 is 0.971 bits per heavy atom. The zero-order valence-electron chi connectivity index (χ0n) is 19.5. The summed E-state index contributed by atoms with van der Waals surface area (Å²) in [7, 11) is 0. The number of rotatable bonds is 6. The highest BCUT2D eigenvalue weighted by Gasteiger charge is 2.36. The van der Waals surface area contributed by atoms with Gasteiger partial charge in [-0.15, -0.1) is 0 Å². The third-order valence-corrected chi connectivity index (χ3v) is 6.42. The number of aromatic nitrogens is 1. The number of thioether (sulfide) groups is 1. The molecule has 0 aliphatic carbocycles. The van der Waals surface area contributed by atoms with Crippen LogP contribution >= 0.6 is 11.8 Å².